The number of ether oxygens (including phenoxy) is 2. The fourth-order valence-corrected chi connectivity index (χ4v) is 4.08. The molecule has 2 aromatic carbocycles. The van der Waals surface area contributed by atoms with Crippen molar-refractivity contribution in [2.45, 2.75) is 11.7 Å². The van der Waals surface area contributed by atoms with Crippen LogP contribution in [0.25, 0.3) is 11.4 Å². The second-order valence-electron chi connectivity index (χ2n) is 6.89. The standard InChI is InChI=1S/C23H21ClN4O4S/c1-30-17-8-9-19(20(12-17)31-2)25-21(29)14-33-23-27-26-22(15-5-3-6-16(24)11-15)28(23)13-18-7-4-10-32-18/h3-12H,13-14H2,1-2H3,(H,25,29). The molecule has 0 aliphatic carbocycles. The van der Waals surface area contributed by atoms with Gasteiger partial charge < -0.3 is 19.2 Å². The molecule has 0 atom stereocenters. The fraction of sp³-hybridized carbons (Fsp3) is 0.174. The molecular formula is C23H21ClN4O4S. The molecule has 1 amide bonds. The number of nitrogens with one attached hydrogen (secondary N) is 1. The summed E-state index contributed by atoms with van der Waals surface area (Å²) >= 11 is 7.44. The van der Waals surface area contributed by atoms with E-state index >= 15 is 0 Å². The second kappa shape index (κ2) is 10.5. The molecule has 0 saturated carbocycles. The van der Waals surface area contributed by atoms with Crippen LogP contribution in [0.1, 0.15) is 5.76 Å². The number of methoxy groups -OCH3 is 2. The predicted octanol–water partition coefficient (Wildman–Crippen LogP) is 4.99. The summed E-state index contributed by atoms with van der Waals surface area (Å²) in [6, 6.07) is 16.3. The molecule has 0 unspecified atom stereocenters. The highest BCUT2D eigenvalue weighted by atomic mass is 35.5. The van der Waals surface area contributed by atoms with Gasteiger partial charge in [0.15, 0.2) is 11.0 Å². The van der Waals surface area contributed by atoms with Crippen molar-refractivity contribution in [1.29, 1.82) is 0 Å². The number of halogens is 1. The van der Waals surface area contributed by atoms with E-state index in [1.54, 1.807) is 37.6 Å². The van der Waals surface area contributed by atoms with Crippen LogP contribution in [-0.2, 0) is 11.3 Å². The van der Waals surface area contributed by atoms with E-state index in [9.17, 15) is 4.79 Å². The lowest BCUT2D eigenvalue weighted by Gasteiger charge is -2.12. The molecule has 0 saturated heterocycles. The van der Waals surface area contributed by atoms with Crippen molar-refractivity contribution >= 4 is 35.0 Å². The first-order valence-electron chi connectivity index (χ1n) is 9.93. The van der Waals surface area contributed by atoms with Crippen molar-refractivity contribution in [1.82, 2.24) is 14.8 Å². The first-order chi connectivity index (χ1) is 16.1. The van der Waals surface area contributed by atoms with E-state index in [0.717, 1.165) is 11.3 Å². The molecule has 0 fully saturated rings. The third-order valence-corrected chi connectivity index (χ3v) is 5.91. The van der Waals surface area contributed by atoms with Gasteiger partial charge in [-0.3, -0.25) is 9.36 Å². The highest BCUT2D eigenvalue weighted by Crippen LogP contribution is 2.30. The van der Waals surface area contributed by atoms with Crippen molar-refractivity contribution in [3.05, 3.63) is 71.6 Å². The van der Waals surface area contributed by atoms with Gasteiger partial charge in [0.2, 0.25) is 5.91 Å². The van der Waals surface area contributed by atoms with Gasteiger partial charge >= 0.3 is 0 Å². The molecule has 8 nitrogen and oxygen atoms in total. The number of carbonyl (C=O) groups is 1. The summed E-state index contributed by atoms with van der Waals surface area (Å²) in [5.74, 6) is 2.44. The lowest BCUT2D eigenvalue weighted by atomic mass is 10.2. The van der Waals surface area contributed by atoms with Crippen molar-refractivity contribution in [3.63, 3.8) is 0 Å². The van der Waals surface area contributed by atoms with Gasteiger partial charge in [-0.25, -0.2) is 0 Å². The molecule has 0 bridgehead atoms. The van der Waals surface area contributed by atoms with E-state index < -0.39 is 0 Å². The Labute approximate surface area is 199 Å². The van der Waals surface area contributed by atoms with Crippen LogP contribution in [0.3, 0.4) is 0 Å². The zero-order valence-electron chi connectivity index (χ0n) is 17.9. The number of rotatable bonds is 9. The summed E-state index contributed by atoms with van der Waals surface area (Å²) in [5, 5.41) is 12.7. The Balaban J connectivity index is 1.52. The Bertz CT molecular complexity index is 1240. The summed E-state index contributed by atoms with van der Waals surface area (Å²) in [6.45, 7) is 0.415. The quantitative estimate of drug-likeness (QED) is 0.335. The van der Waals surface area contributed by atoms with E-state index in [0.29, 0.717) is 39.7 Å². The van der Waals surface area contributed by atoms with Crippen LogP contribution in [0.4, 0.5) is 5.69 Å². The number of anilines is 1. The smallest absolute Gasteiger partial charge is 0.234 e. The van der Waals surface area contributed by atoms with Crippen LogP contribution >= 0.6 is 23.4 Å². The minimum absolute atomic E-state index is 0.126. The van der Waals surface area contributed by atoms with Crippen LogP contribution in [0.5, 0.6) is 11.5 Å². The lowest BCUT2D eigenvalue weighted by molar-refractivity contribution is -0.113. The number of carbonyl (C=O) groups excluding carboxylic acids is 1. The predicted molar refractivity (Wildman–Crippen MR) is 127 cm³/mol. The van der Waals surface area contributed by atoms with Crippen molar-refractivity contribution in [3.8, 4) is 22.9 Å². The molecule has 1 N–H and O–H groups in total. The number of nitrogens with zero attached hydrogens (tertiary/aromatic N) is 3. The number of benzene rings is 2. The van der Waals surface area contributed by atoms with Crippen molar-refractivity contribution in [2.75, 3.05) is 25.3 Å². The van der Waals surface area contributed by atoms with E-state index in [4.69, 9.17) is 25.5 Å². The van der Waals surface area contributed by atoms with E-state index in [1.165, 1.54) is 18.9 Å². The third kappa shape index (κ3) is 5.50. The first kappa shape index (κ1) is 22.8. The summed E-state index contributed by atoms with van der Waals surface area (Å²) in [5.41, 5.74) is 1.38. The van der Waals surface area contributed by atoms with Crippen LogP contribution < -0.4 is 14.8 Å². The maximum Gasteiger partial charge on any atom is 0.234 e. The van der Waals surface area contributed by atoms with Gasteiger partial charge in [0.25, 0.3) is 0 Å². The number of aromatic nitrogens is 3. The average Bonchev–Trinajstić information content (AvgIpc) is 3.48. The van der Waals surface area contributed by atoms with Gasteiger partial charge in [-0.05, 0) is 36.4 Å². The first-order valence-corrected chi connectivity index (χ1v) is 11.3. The van der Waals surface area contributed by atoms with Crippen LogP contribution in [0, 0.1) is 0 Å². The molecule has 2 heterocycles. The summed E-state index contributed by atoms with van der Waals surface area (Å²) < 4.78 is 17.9. The van der Waals surface area contributed by atoms with Crippen LogP contribution in [0.2, 0.25) is 5.02 Å². The van der Waals surface area contributed by atoms with Crippen LogP contribution in [-0.4, -0.2) is 40.6 Å². The van der Waals surface area contributed by atoms with E-state index in [-0.39, 0.29) is 11.7 Å². The summed E-state index contributed by atoms with van der Waals surface area (Å²) in [6.07, 6.45) is 1.61. The Morgan fingerprint density at radius 2 is 2.00 bits per heavy atom. The van der Waals surface area contributed by atoms with Gasteiger partial charge in [-0.2, -0.15) is 0 Å². The van der Waals surface area contributed by atoms with Gasteiger partial charge in [0.05, 0.1) is 38.5 Å². The van der Waals surface area contributed by atoms with Gasteiger partial charge in [0.1, 0.15) is 17.3 Å². The Morgan fingerprint density at radius 1 is 1.12 bits per heavy atom. The third-order valence-electron chi connectivity index (χ3n) is 4.71. The Kier molecular flexibility index (Phi) is 7.21. The van der Waals surface area contributed by atoms with Crippen molar-refractivity contribution in [2.24, 2.45) is 0 Å². The monoisotopic (exact) mass is 484 g/mol. The molecule has 2 aromatic heterocycles. The lowest BCUT2D eigenvalue weighted by Crippen LogP contribution is -2.15. The molecule has 10 heteroatoms. The minimum Gasteiger partial charge on any atom is -0.497 e. The summed E-state index contributed by atoms with van der Waals surface area (Å²) in [4.78, 5) is 12.6. The average molecular weight is 485 g/mol. The van der Waals surface area contributed by atoms with Crippen molar-refractivity contribution < 1.29 is 18.7 Å². The van der Waals surface area contributed by atoms with Gasteiger partial charge in [0, 0.05) is 16.7 Å². The number of amides is 1. The molecular weight excluding hydrogens is 464 g/mol. The summed E-state index contributed by atoms with van der Waals surface area (Å²) in [7, 11) is 3.11. The van der Waals surface area contributed by atoms with Crippen LogP contribution in [0.15, 0.2) is 70.4 Å². The maximum absolute atomic E-state index is 12.6. The molecule has 170 valence electrons. The van der Waals surface area contributed by atoms with E-state index in [2.05, 4.69) is 15.5 Å². The highest BCUT2D eigenvalue weighted by molar-refractivity contribution is 7.99. The van der Waals surface area contributed by atoms with Gasteiger partial charge in [-0.15, -0.1) is 10.2 Å². The molecule has 33 heavy (non-hydrogen) atoms. The van der Waals surface area contributed by atoms with Gasteiger partial charge in [-0.1, -0.05) is 35.5 Å². The molecule has 0 aliphatic rings. The number of thioether (sulfide) groups is 1. The Hall–Kier alpha value is -3.43. The maximum atomic E-state index is 12.6. The number of hydrogen-bond acceptors (Lipinski definition) is 7. The zero-order valence-corrected chi connectivity index (χ0v) is 19.5. The number of hydrogen-bond donors (Lipinski definition) is 1. The Morgan fingerprint density at radius 3 is 2.73 bits per heavy atom. The van der Waals surface area contributed by atoms with E-state index in [1.807, 2.05) is 34.9 Å². The normalized spacial score (nSPS) is 10.8. The number of furan rings is 1. The fourth-order valence-electron chi connectivity index (χ4n) is 3.16. The zero-order chi connectivity index (χ0) is 23.2. The highest BCUT2D eigenvalue weighted by Gasteiger charge is 2.18. The minimum atomic E-state index is -0.208. The molecule has 0 radical (unpaired) electrons. The molecule has 0 spiro atoms. The SMILES string of the molecule is COc1ccc(NC(=O)CSc2nnc(-c3cccc(Cl)c3)n2Cc2ccco2)c(OC)c1. The molecule has 4 rings (SSSR count). The molecule has 4 aromatic rings. The topological polar surface area (TPSA) is 91.4 Å². The molecule has 0 aliphatic heterocycles. The largest absolute Gasteiger partial charge is 0.497 e. The second-order valence-corrected chi connectivity index (χ2v) is 8.26.